The molecule has 2 aliphatic rings. The molecule has 1 amide bonds. The van der Waals surface area contributed by atoms with E-state index in [9.17, 15) is 4.79 Å². The minimum Gasteiger partial charge on any atom is -0.340 e. The van der Waals surface area contributed by atoms with Gasteiger partial charge in [-0.3, -0.25) is 4.79 Å². The highest BCUT2D eigenvalue weighted by Gasteiger charge is 2.25. The Morgan fingerprint density at radius 3 is 3.11 bits per heavy atom. The second kappa shape index (κ2) is 5.11. The van der Waals surface area contributed by atoms with E-state index in [4.69, 9.17) is 0 Å². The summed E-state index contributed by atoms with van der Waals surface area (Å²) in [5.74, 6) is 0.793. The predicted octanol–water partition coefficient (Wildman–Crippen LogP) is 1.54. The van der Waals surface area contributed by atoms with Gasteiger partial charge < -0.3 is 10.2 Å². The van der Waals surface area contributed by atoms with Crippen LogP contribution in [0.1, 0.15) is 29.9 Å². The molecular weight excluding hydrogens is 224 g/mol. The summed E-state index contributed by atoms with van der Waals surface area (Å²) in [5, 5.41) is 3.13. The zero-order valence-electron chi connectivity index (χ0n) is 10.7. The number of nitrogens with zero attached hydrogens (tertiary/aromatic N) is 1. The number of hydrogen-bond donors (Lipinski definition) is 1. The SMILES string of the molecule is O=C1CNCCN1CC1CCCc2ccccc21. The first-order valence-corrected chi connectivity index (χ1v) is 6.91. The van der Waals surface area contributed by atoms with Gasteiger partial charge >= 0.3 is 0 Å². The maximum atomic E-state index is 11.8. The third-order valence-corrected chi connectivity index (χ3v) is 4.12. The minimum absolute atomic E-state index is 0.254. The van der Waals surface area contributed by atoms with Gasteiger partial charge in [-0.2, -0.15) is 0 Å². The number of rotatable bonds is 2. The van der Waals surface area contributed by atoms with Gasteiger partial charge in [-0.25, -0.2) is 0 Å². The Balaban J connectivity index is 1.75. The molecule has 1 saturated heterocycles. The molecule has 96 valence electrons. The molecule has 3 nitrogen and oxygen atoms in total. The molecule has 1 atom stereocenters. The fourth-order valence-corrected chi connectivity index (χ4v) is 3.15. The van der Waals surface area contributed by atoms with Gasteiger partial charge in [0.15, 0.2) is 0 Å². The Labute approximate surface area is 108 Å². The van der Waals surface area contributed by atoms with Crippen molar-refractivity contribution >= 4 is 5.91 Å². The first-order chi connectivity index (χ1) is 8.84. The Bertz CT molecular complexity index is 444. The Morgan fingerprint density at radius 1 is 1.33 bits per heavy atom. The topological polar surface area (TPSA) is 32.3 Å². The maximum absolute atomic E-state index is 11.8. The summed E-state index contributed by atoms with van der Waals surface area (Å²) in [4.78, 5) is 13.9. The van der Waals surface area contributed by atoms with Gasteiger partial charge in [0.1, 0.15) is 0 Å². The van der Waals surface area contributed by atoms with Gasteiger partial charge in [0, 0.05) is 25.6 Å². The van der Waals surface area contributed by atoms with Crippen LogP contribution in [0.25, 0.3) is 0 Å². The molecule has 1 unspecified atom stereocenters. The van der Waals surface area contributed by atoms with E-state index in [1.807, 2.05) is 4.90 Å². The van der Waals surface area contributed by atoms with Gasteiger partial charge in [-0.15, -0.1) is 0 Å². The lowest BCUT2D eigenvalue weighted by Gasteiger charge is -2.33. The molecule has 1 aliphatic heterocycles. The second-order valence-electron chi connectivity index (χ2n) is 5.30. The molecule has 0 aromatic heterocycles. The zero-order chi connectivity index (χ0) is 12.4. The third kappa shape index (κ3) is 2.27. The lowest BCUT2D eigenvalue weighted by molar-refractivity contribution is -0.132. The van der Waals surface area contributed by atoms with Crippen molar-refractivity contribution < 1.29 is 4.79 Å². The first kappa shape index (κ1) is 11.7. The number of aryl methyl sites for hydroxylation is 1. The van der Waals surface area contributed by atoms with E-state index >= 15 is 0 Å². The lowest BCUT2D eigenvalue weighted by atomic mass is 9.82. The van der Waals surface area contributed by atoms with Crippen LogP contribution in [0.4, 0.5) is 0 Å². The van der Waals surface area contributed by atoms with Crippen LogP contribution in [-0.4, -0.2) is 37.0 Å². The van der Waals surface area contributed by atoms with E-state index in [0.29, 0.717) is 12.5 Å². The molecule has 18 heavy (non-hydrogen) atoms. The van der Waals surface area contributed by atoms with E-state index in [1.54, 1.807) is 0 Å². The summed E-state index contributed by atoms with van der Waals surface area (Å²) in [6.45, 7) is 3.20. The second-order valence-corrected chi connectivity index (χ2v) is 5.30. The van der Waals surface area contributed by atoms with Gasteiger partial charge in [0.2, 0.25) is 5.91 Å². The molecule has 0 saturated carbocycles. The summed E-state index contributed by atoms with van der Waals surface area (Å²) >= 11 is 0. The van der Waals surface area contributed by atoms with E-state index < -0.39 is 0 Å². The van der Waals surface area contributed by atoms with Gasteiger partial charge in [0.05, 0.1) is 6.54 Å². The molecule has 1 aromatic rings. The van der Waals surface area contributed by atoms with E-state index in [1.165, 1.54) is 30.4 Å². The Morgan fingerprint density at radius 2 is 2.22 bits per heavy atom. The lowest BCUT2D eigenvalue weighted by Crippen LogP contribution is -2.49. The van der Waals surface area contributed by atoms with E-state index in [0.717, 1.165) is 19.6 Å². The summed E-state index contributed by atoms with van der Waals surface area (Å²) in [6, 6.07) is 8.72. The Hall–Kier alpha value is -1.35. The number of piperazine rings is 1. The molecule has 1 N–H and O–H groups in total. The van der Waals surface area contributed by atoms with Gasteiger partial charge in [-0.1, -0.05) is 24.3 Å². The van der Waals surface area contributed by atoms with Crippen LogP contribution in [0, 0.1) is 0 Å². The van der Waals surface area contributed by atoms with Crippen molar-refractivity contribution in [3.8, 4) is 0 Å². The average Bonchev–Trinajstić information content (AvgIpc) is 2.42. The number of hydrogen-bond acceptors (Lipinski definition) is 2. The summed E-state index contributed by atoms with van der Waals surface area (Å²) < 4.78 is 0. The van der Waals surface area contributed by atoms with E-state index in [2.05, 4.69) is 29.6 Å². The molecule has 1 aromatic carbocycles. The molecule has 1 heterocycles. The fourth-order valence-electron chi connectivity index (χ4n) is 3.15. The molecule has 0 radical (unpaired) electrons. The molecule has 3 heteroatoms. The van der Waals surface area contributed by atoms with Crippen LogP contribution in [0.15, 0.2) is 24.3 Å². The third-order valence-electron chi connectivity index (χ3n) is 4.12. The highest BCUT2D eigenvalue weighted by Crippen LogP contribution is 2.32. The highest BCUT2D eigenvalue weighted by atomic mass is 16.2. The highest BCUT2D eigenvalue weighted by molar-refractivity contribution is 5.79. The number of carbonyl (C=O) groups is 1. The number of nitrogens with one attached hydrogen (secondary N) is 1. The Kier molecular flexibility index (Phi) is 3.33. The van der Waals surface area contributed by atoms with Crippen LogP contribution in [0.5, 0.6) is 0 Å². The molecule has 0 spiro atoms. The van der Waals surface area contributed by atoms with Crippen molar-refractivity contribution in [2.45, 2.75) is 25.2 Å². The summed E-state index contributed by atoms with van der Waals surface area (Å²) in [5.41, 5.74) is 2.95. The number of amides is 1. The molecule has 1 fully saturated rings. The van der Waals surface area contributed by atoms with Crippen LogP contribution in [0.2, 0.25) is 0 Å². The van der Waals surface area contributed by atoms with Gasteiger partial charge in [0.25, 0.3) is 0 Å². The fraction of sp³-hybridized carbons (Fsp3) is 0.533. The van der Waals surface area contributed by atoms with Crippen LogP contribution < -0.4 is 5.32 Å². The van der Waals surface area contributed by atoms with Crippen LogP contribution >= 0.6 is 0 Å². The monoisotopic (exact) mass is 244 g/mol. The minimum atomic E-state index is 0.254. The van der Waals surface area contributed by atoms with Crippen molar-refractivity contribution in [1.82, 2.24) is 10.2 Å². The van der Waals surface area contributed by atoms with Crippen LogP contribution in [0.3, 0.4) is 0 Å². The maximum Gasteiger partial charge on any atom is 0.236 e. The van der Waals surface area contributed by atoms with Crippen molar-refractivity contribution in [3.05, 3.63) is 35.4 Å². The van der Waals surface area contributed by atoms with Crippen molar-refractivity contribution in [3.63, 3.8) is 0 Å². The summed E-state index contributed by atoms with van der Waals surface area (Å²) in [7, 11) is 0. The normalized spacial score (nSPS) is 23.9. The average molecular weight is 244 g/mol. The predicted molar refractivity (Wildman–Crippen MR) is 71.6 cm³/mol. The zero-order valence-corrected chi connectivity index (χ0v) is 10.7. The van der Waals surface area contributed by atoms with Crippen molar-refractivity contribution in [2.24, 2.45) is 0 Å². The largest absolute Gasteiger partial charge is 0.340 e. The van der Waals surface area contributed by atoms with E-state index in [-0.39, 0.29) is 5.91 Å². The smallest absolute Gasteiger partial charge is 0.236 e. The number of carbonyl (C=O) groups excluding carboxylic acids is 1. The standard InChI is InChI=1S/C15H20N2O/c18-15-10-16-8-9-17(15)11-13-6-3-5-12-4-1-2-7-14(12)13/h1-2,4,7,13,16H,3,5-6,8-11H2. The van der Waals surface area contributed by atoms with Gasteiger partial charge in [-0.05, 0) is 30.4 Å². The molecule has 1 aliphatic carbocycles. The molecule has 0 bridgehead atoms. The van der Waals surface area contributed by atoms with Crippen molar-refractivity contribution in [1.29, 1.82) is 0 Å². The number of fused-ring (bicyclic) bond motifs is 1. The first-order valence-electron chi connectivity index (χ1n) is 6.91. The molecule has 3 rings (SSSR count). The summed E-state index contributed by atoms with van der Waals surface area (Å²) in [6.07, 6.45) is 3.67. The van der Waals surface area contributed by atoms with Crippen LogP contribution in [-0.2, 0) is 11.2 Å². The quantitative estimate of drug-likeness (QED) is 0.856. The van der Waals surface area contributed by atoms with Crippen molar-refractivity contribution in [2.75, 3.05) is 26.2 Å². The molecular formula is C15H20N2O. The number of benzene rings is 1.